The van der Waals surface area contributed by atoms with Crippen LogP contribution in [0.1, 0.15) is 53.7 Å². The maximum absolute atomic E-state index is 11.6. The number of aryl methyl sites for hydroxylation is 1. The Bertz CT molecular complexity index is 1100. The lowest BCUT2D eigenvalue weighted by atomic mass is 9.98. The number of hydrogen-bond donors (Lipinski definition) is 2. The zero-order valence-corrected chi connectivity index (χ0v) is 20.5. The van der Waals surface area contributed by atoms with Crippen LogP contribution < -0.4 is 15.8 Å². The number of benzene rings is 1. The molecule has 2 aromatic heterocycles. The van der Waals surface area contributed by atoms with Crippen molar-refractivity contribution in [2.45, 2.75) is 45.6 Å². The van der Waals surface area contributed by atoms with Crippen LogP contribution in [-0.4, -0.2) is 47.0 Å². The lowest BCUT2D eigenvalue weighted by molar-refractivity contribution is 0.100. The van der Waals surface area contributed by atoms with Crippen LogP contribution in [0.2, 0.25) is 0 Å². The summed E-state index contributed by atoms with van der Waals surface area (Å²) in [5.74, 6) is 0.707. The molecule has 32 heavy (non-hydrogen) atoms. The number of amides is 1. The molecule has 1 aliphatic rings. The number of anilines is 2. The summed E-state index contributed by atoms with van der Waals surface area (Å²) >= 11 is 3.27. The Morgan fingerprint density at radius 3 is 2.72 bits per heavy atom. The summed E-state index contributed by atoms with van der Waals surface area (Å²) in [5, 5.41) is 7.30. The van der Waals surface area contributed by atoms with Crippen LogP contribution in [0.5, 0.6) is 5.75 Å². The summed E-state index contributed by atoms with van der Waals surface area (Å²) in [5.41, 5.74) is 8.50. The first-order valence-electron chi connectivity index (χ1n) is 10.8. The molecule has 1 fully saturated rings. The van der Waals surface area contributed by atoms with Gasteiger partial charge in [0.25, 0.3) is 0 Å². The number of rotatable bonds is 7. The highest BCUT2D eigenvalue weighted by molar-refractivity contribution is 7.17. The highest BCUT2D eigenvalue weighted by atomic mass is 32.1. The molecule has 3 aromatic rings. The molecule has 1 amide bonds. The molecule has 9 heteroatoms. The fraction of sp³-hybridized carbons (Fsp3) is 0.435. The van der Waals surface area contributed by atoms with Gasteiger partial charge in [0.1, 0.15) is 5.75 Å². The zero-order chi connectivity index (χ0) is 22.8. The van der Waals surface area contributed by atoms with Crippen LogP contribution in [0.15, 0.2) is 23.6 Å². The van der Waals surface area contributed by atoms with Crippen LogP contribution in [0, 0.1) is 6.92 Å². The zero-order valence-electron chi connectivity index (χ0n) is 18.8. The number of carbonyl (C=O) groups excluding carboxylic acids is 1. The summed E-state index contributed by atoms with van der Waals surface area (Å²) < 4.78 is 5.89. The smallest absolute Gasteiger partial charge is 0.248 e. The Kier molecular flexibility index (Phi) is 6.78. The van der Waals surface area contributed by atoms with Gasteiger partial charge in [0.05, 0.1) is 33.1 Å². The normalized spacial score (nSPS) is 15.3. The molecule has 0 unspecified atom stereocenters. The van der Waals surface area contributed by atoms with Crippen molar-refractivity contribution in [2.75, 3.05) is 25.5 Å². The Balaban J connectivity index is 1.56. The number of nitrogens with two attached hydrogens (primary N) is 1. The number of carbonyl (C=O) groups is 1. The SMILES string of the molecule is Cc1nc(C2CCN(C)CC2)sc1-c1csc(Nc2cc(C(N)=O)ccc2OC(C)C)n1. The van der Waals surface area contributed by atoms with Gasteiger partial charge in [-0.15, -0.1) is 22.7 Å². The molecule has 0 atom stereocenters. The van der Waals surface area contributed by atoms with E-state index in [-0.39, 0.29) is 6.10 Å². The maximum Gasteiger partial charge on any atom is 0.248 e. The third-order valence-electron chi connectivity index (χ3n) is 5.49. The summed E-state index contributed by atoms with van der Waals surface area (Å²) in [4.78, 5) is 24.8. The maximum atomic E-state index is 11.6. The Hall–Kier alpha value is -2.49. The molecule has 1 saturated heterocycles. The van der Waals surface area contributed by atoms with Crippen LogP contribution in [0.3, 0.4) is 0 Å². The number of piperidine rings is 1. The summed E-state index contributed by atoms with van der Waals surface area (Å²) in [6, 6.07) is 5.14. The van der Waals surface area contributed by atoms with E-state index in [1.165, 1.54) is 16.3 Å². The van der Waals surface area contributed by atoms with Crippen molar-refractivity contribution in [1.29, 1.82) is 0 Å². The van der Waals surface area contributed by atoms with Crippen molar-refractivity contribution < 1.29 is 9.53 Å². The first-order valence-corrected chi connectivity index (χ1v) is 12.5. The predicted octanol–water partition coefficient (Wildman–Crippen LogP) is 5.01. The topological polar surface area (TPSA) is 93.4 Å². The quantitative estimate of drug-likeness (QED) is 0.503. The Morgan fingerprint density at radius 2 is 2.03 bits per heavy atom. The first kappa shape index (κ1) is 22.7. The molecule has 0 spiro atoms. The number of aromatic nitrogens is 2. The van der Waals surface area contributed by atoms with E-state index in [1.807, 2.05) is 19.2 Å². The molecule has 0 radical (unpaired) electrons. The van der Waals surface area contributed by atoms with Crippen LogP contribution in [0.4, 0.5) is 10.8 Å². The third kappa shape index (κ3) is 5.11. The van der Waals surface area contributed by atoms with E-state index in [0.717, 1.165) is 47.3 Å². The van der Waals surface area contributed by atoms with Crippen molar-refractivity contribution in [3.8, 4) is 16.3 Å². The van der Waals surface area contributed by atoms with Crippen molar-refractivity contribution in [1.82, 2.24) is 14.9 Å². The van der Waals surface area contributed by atoms with Gasteiger partial charge < -0.3 is 20.7 Å². The van der Waals surface area contributed by atoms with Gasteiger partial charge in [0.2, 0.25) is 5.91 Å². The van der Waals surface area contributed by atoms with E-state index in [9.17, 15) is 4.79 Å². The van der Waals surface area contributed by atoms with Gasteiger partial charge in [0, 0.05) is 16.9 Å². The molecule has 7 nitrogen and oxygen atoms in total. The second-order valence-corrected chi connectivity index (χ2v) is 10.3. The van der Waals surface area contributed by atoms with Crippen molar-refractivity contribution in [3.05, 3.63) is 39.8 Å². The van der Waals surface area contributed by atoms with Crippen molar-refractivity contribution in [3.63, 3.8) is 0 Å². The Morgan fingerprint density at radius 1 is 1.28 bits per heavy atom. The number of nitrogens with one attached hydrogen (secondary N) is 1. The lowest BCUT2D eigenvalue weighted by Crippen LogP contribution is -2.29. The molecule has 0 bridgehead atoms. The molecular weight excluding hydrogens is 442 g/mol. The van der Waals surface area contributed by atoms with E-state index in [4.69, 9.17) is 20.4 Å². The van der Waals surface area contributed by atoms with Gasteiger partial charge in [-0.05, 0) is 71.9 Å². The van der Waals surface area contributed by atoms with E-state index < -0.39 is 5.91 Å². The first-order chi connectivity index (χ1) is 15.3. The molecule has 3 N–H and O–H groups in total. The highest BCUT2D eigenvalue weighted by Gasteiger charge is 2.23. The third-order valence-corrected chi connectivity index (χ3v) is 7.59. The highest BCUT2D eigenvalue weighted by Crippen LogP contribution is 2.39. The number of likely N-dealkylation sites (tertiary alicyclic amines) is 1. The average molecular weight is 472 g/mol. The van der Waals surface area contributed by atoms with Crippen LogP contribution in [0.25, 0.3) is 10.6 Å². The summed E-state index contributed by atoms with van der Waals surface area (Å²) in [6.07, 6.45) is 2.31. The van der Waals surface area contributed by atoms with Gasteiger partial charge in [-0.25, -0.2) is 9.97 Å². The number of hydrogen-bond acceptors (Lipinski definition) is 8. The number of nitrogens with zero attached hydrogens (tertiary/aromatic N) is 3. The number of thiazole rings is 2. The molecule has 0 aliphatic carbocycles. The molecule has 4 rings (SSSR count). The van der Waals surface area contributed by atoms with Gasteiger partial charge in [0.15, 0.2) is 5.13 Å². The average Bonchev–Trinajstić information content (AvgIpc) is 3.35. The fourth-order valence-corrected chi connectivity index (χ4v) is 5.76. The predicted molar refractivity (Wildman–Crippen MR) is 131 cm³/mol. The van der Waals surface area contributed by atoms with E-state index in [2.05, 4.69) is 24.2 Å². The molecule has 0 saturated carbocycles. The van der Waals surface area contributed by atoms with Gasteiger partial charge in [-0.1, -0.05) is 0 Å². The van der Waals surface area contributed by atoms with Gasteiger partial charge in [-0.3, -0.25) is 4.79 Å². The minimum absolute atomic E-state index is 0.000303. The molecule has 3 heterocycles. The Labute approximate surface area is 196 Å². The van der Waals surface area contributed by atoms with Crippen LogP contribution in [-0.2, 0) is 0 Å². The lowest BCUT2D eigenvalue weighted by Gasteiger charge is -2.27. The van der Waals surface area contributed by atoms with Crippen LogP contribution >= 0.6 is 22.7 Å². The monoisotopic (exact) mass is 471 g/mol. The number of ether oxygens (including phenoxy) is 1. The molecular formula is C23H29N5O2S2. The largest absolute Gasteiger partial charge is 0.489 e. The standard InChI is InChI=1S/C23H29N5O2S2/c1-13(2)30-19-6-5-16(21(24)29)11-17(19)26-23-27-18(12-31-23)20-14(3)25-22(32-20)15-7-9-28(4)10-8-15/h5-6,11-13,15H,7-10H2,1-4H3,(H2,24,29)(H,26,27). The summed E-state index contributed by atoms with van der Waals surface area (Å²) in [7, 11) is 2.18. The van der Waals surface area contributed by atoms with Crippen molar-refractivity contribution in [2.24, 2.45) is 5.73 Å². The van der Waals surface area contributed by atoms with Crippen molar-refractivity contribution >= 4 is 39.4 Å². The minimum atomic E-state index is -0.481. The second-order valence-electron chi connectivity index (χ2n) is 8.45. The van der Waals surface area contributed by atoms with E-state index in [1.54, 1.807) is 29.5 Å². The minimum Gasteiger partial charge on any atom is -0.489 e. The summed E-state index contributed by atoms with van der Waals surface area (Å²) in [6.45, 7) is 8.22. The molecule has 170 valence electrons. The van der Waals surface area contributed by atoms with Gasteiger partial charge in [-0.2, -0.15) is 0 Å². The molecule has 1 aliphatic heterocycles. The second kappa shape index (κ2) is 9.56. The van der Waals surface area contributed by atoms with E-state index >= 15 is 0 Å². The van der Waals surface area contributed by atoms with Gasteiger partial charge >= 0.3 is 0 Å². The molecule has 1 aromatic carbocycles. The van der Waals surface area contributed by atoms with E-state index in [0.29, 0.717) is 22.9 Å². The fourth-order valence-electron chi connectivity index (χ4n) is 3.77. The number of primary amides is 1.